The number of esters is 1. The third-order valence-electron chi connectivity index (χ3n) is 3.82. The van der Waals surface area contributed by atoms with Gasteiger partial charge in [-0.15, -0.1) is 0 Å². The minimum absolute atomic E-state index is 0.194. The standard InChI is InChI=1S/C19H20FNO5/c1-10(2)14-8-13(20)9-15(12-5-6-21-16(7-12)25-4)17(14)18(19(23)24)26-11(3)22/h5-10,18H,1-4H3,(H,23,24). The SMILES string of the molecule is COc1cc(-c2cc(F)cc(C(C)C)c2C(OC(C)=O)C(=O)O)ccn1. The molecule has 1 unspecified atom stereocenters. The summed E-state index contributed by atoms with van der Waals surface area (Å²) < 4.78 is 24.4. The van der Waals surface area contributed by atoms with Crippen molar-refractivity contribution in [3.63, 3.8) is 0 Å². The lowest BCUT2D eigenvalue weighted by Gasteiger charge is -2.23. The van der Waals surface area contributed by atoms with E-state index < -0.39 is 23.9 Å². The Morgan fingerprint density at radius 3 is 2.46 bits per heavy atom. The van der Waals surface area contributed by atoms with Crippen molar-refractivity contribution in [1.82, 2.24) is 4.98 Å². The molecule has 0 fully saturated rings. The number of methoxy groups -OCH3 is 1. The molecule has 7 heteroatoms. The van der Waals surface area contributed by atoms with Gasteiger partial charge in [-0.2, -0.15) is 0 Å². The lowest BCUT2D eigenvalue weighted by atomic mass is 9.87. The number of halogens is 1. The quantitative estimate of drug-likeness (QED) is 0.790. The van der Waals surface area contributed by atoms with Gasteiger partial charge in [0, 0.05) is 24.8 Å². The molecule has 138 valence electrons. The van der Waals surface area contributed by atoms with E-state index in [9.17, 15) is 19.1 Å². The highest BCUT2D eigenvalue weighted by molar-refractivity contribution is 5.83. The molecule has 2 aromatic rings. The highest BCUT2D eigenvalue weighted by atomic mass is 19.1. The molecule has 0 amide bonds. The third kappa shape index (κ3) is 4.17. The number of carbonyl (C=O) groups is 2. The van der Waals surface area contributed by atoms with Crippen LogP contribution in [0.25, 0.3) is 11.1 Å². The fraction of sp³-hybridized carbons (Fsp3) is 0.316. The number of hydrogen-bond donors (Lipinski definition) is 1. The van der Waals surface area contributed by atoms with Crippen LogP contribution in [0.3, 0.4) is 0 Å². The zero-order valence-electron chi connectivity index (χ0n) is 14.9. The average molecular weight is 361 g/mol. The molecular weight excluding hydrogens is 341 g/mol. The number of benzene rings is 1. The summed E-state index contributed by atoms with van der Waals surface area (Å²) in [6.45, 7) is 4.74. The van der Waals surface area contributed by atoms with Crippen molar-refractivity contribution < 1.29 is 28.6 Å². The van der Waals surface area contributed by atoms with Crippen molar-refractivity contribution in [3.8, 4) is 17.0 Å². The smallest absolute Gasteiger partial charge is 0.349 e. The summed E-state index contributed by atoms with van der Waals surface area (Å²) in [6, 6.07) is 5.66. The van der Waals surface area contributed by atoms with E-state index in [0.717, 1.165) is 6.92 Å². The number of aliphatic carboxylic acids is 1. The average Bonchev–Trinajstić information content (AvgIpc) is 2.58. The Bertz CT molecular complexity index is 835. The molecule has 0 saturated heterocycles. The molecule has 0 aliphatic rings. The highest BCUT2D eigenvalue weighted by Gasteiger charge is 2.30. The number of carboxylic acid groups (broad SMARTS) is 1. The Hall–Kier alpha value is -2.96. The van der Waals surface area contributed by atoms with Crippen LogP contribution in [-0.4, -0.2) is 29.1 Å². The first-order valence-corrected chi connectivity index (χ1v) is 7.98. The maximum atomic E-state index is 14.3. The molecule has 0 radical (unpaired) electrons. The summed E-state index contributed by atoms with van der Waals surface area (Å²) >= 11 is 0. The number of ether oxygens (including phenoxy) is 2. The van der Waals surface area contributed by atoms with Gasteiger partial charge < -0.3 is 14.6 Å². The van der Waals surface area contributed by atoms with E-state index in [1.54, 1.807) is 12.1 Å². The van der Waals surface area contributed by atoms with Gasteiger partial charge >= 0.3 is 11.9 Å². The molecule has 0 aliphatic heterocycles. The Kier molecular flexibility index (Phi) is 5.92. The van der Waals surface area contributed by atoms with Gasteiger partial charge in [-0.1, -0.05) is 13.8 Å². The topological polar surface area (TPSA) is 85.7 Å². The number of nitrogens with zero attached hydrogens (tertiary/aromatic N) is 1. The van der Waals surface area contributed by atoms with Crippen LogP contribution in [0.4, 0.5) is 4.39 Å². The summed E-state index contributed by atoms with van der Waals surface area (Å²) in [7, 11) is 1.44. The lowest BCUT2D eigenvalue weighted by Crippen LogP contribution is -2.21. The van der Waals surface area contributed by atoms with Crippen LogP contribution in [0.5, 0.6) is 5.88 Å². The fourth-order valence-corrected chi connectivity index (χ4v) is 2.74. The maximum Gasteiger partial charge on any atom is 0.349 e. The van der Waals surface area contributed by atoms with Crippen molar-refractivity contribution in [2.75, 3.05) is 7.11 Å². The van der Waals surface area contributed by atoms with Crippen molar-refractivity contribution in [2.24, 2.45) is 0 Å². The monoisotopic (exact) mass is 361 g/mol. The number of aromatic nitrogens is 1. The molecule has 1 N–H and O–H groups in total. The van der Waals surface area contributed by atoms with Crippen LogP contribution in [0, 0.1) is 5.82 Å². The van der Waals surface area contributed by atoms with Gasteiger partial charge in [0.15, 0.2) is 0 Å². The second-order valence-electron chi connectivity index (χ2n) is 6.03. The summed E-state index contributed by atoms with van der Waals surface area (Å²) in [4.78, 5) is 27.2. The number of carbonyl (C=O) groups excluding carboxylic acids is 1. The van der Waals surface area contributed by atoms with E-state index in [2.05, 4.69) is 4.98 Å². The molecule has 1 atom stereocenters. The minimum atomic E-state index is -1.56. The summed E-state index contributed by atoms with van der Waals surface area (Å²) in [5, 5.41) is 9.62. The zero-order valence-corrected chi connectivity index (χ0v) is 14.9. The van der Waals surface area contributed by atoms with Crippen LogP contribution in [0.1, 0.15) is 43.9 Å². The lowest BCUT2D eigenvalue weighted by molar-refractivity contribution is -0.163. The first kappa shape index (κ1) is 19.4. The molecular formula is C19H20FNO5. The van der Waals surface area contributed by atoms with Gasteiger partial charge in [-0.3, -0.25) is 4.79 Å². The van der Waals surface area contributed by atoms with Crippen molar-refractivity contribution in [2.45, 2.75) is 32.8 Å². The summed E-state index contributed by atoms with van der Waals surface area (Å²) in [5.74, 6) is -2.50. The Morgan fingerprint density at radius 1 is 1.23 bits per heavy atom. The predicted octanol–water partition coefficient (Wildman–Crippen LogP) is 3.71. The molecule has 0 bridgehead atoms. The zero-order chi connectivity index (χ0) is 19.4. The largest absolute Gasteiger partial charge is 0.481 e. The van der Waals surface area contributed by atoms with Crippen LogP contribution in [-0.2, 0) is 14.3 Å². The molecule has 1 aromatic carbocycles. The molecule has 0 spiro atoms. The minimum Gasteiger partial charge on any atom is -0.481 e. The van der Waals surface area contributed by atoms with Crippen molar-refractivity contribution >= 4 is 11.9 Å². The Labute approximate surface area is 150 Å². The van der Waals surface area contributed by atoms with Crippen molar-refractivity contribution in [3.05, 3.63) is 47.4 Å². The van der Waals surface area contributed by atoms with Gasteiger partial charge in [-0.25, -0.2) is 14.2 Å². The van der Waals surface area contributed by atoms with E-state index in [4.69, 9.17) is 9.47 Å². The van der Waals surface area contributed by atoms with Crippen molar-refractivity contribution in [1.29, 1.82) is 0 Å². The predicted molar refractivity (Wildman–Crippen MR) is 92.4 cm³/mol. The van der Waals surface area contributed by atoms with E-state index in [1.165, 1.54) is 25.4 Å². The second kappa shape index (κ2) is 7.95. The molecule has 1 heterocycles. The van der Waals surface area contributed by atoms with Gasteiger partial charge in [-0.05, 0) is 40.8 Å². The van der Waals surface area contributed by atoms with Crippen LogP contribution >= 0.6 is 0 Å². The number of carboxylic acids is 1. The second-order valence-corrected chi connectivity index (χ2v) is 6.03. The number of rotatable bonds is 6. The van der Waals surface area contributed by atoms with E-state index in [-0.39, 0.29) is 11.5 Å². The van der Waals surface area contributed by atoms with E-state index in [0.29, 0.717) is 22.6 Å². The first-order valence-electron chi connectivity index (χ1n) is 7.98. The van der Waals surface area contributed by atoms with Crippen LogP contribution in [0.15, 0.2) is 30.5 Å². The van der Waals surface area contributed by atoms with Gasteiger partial charge in [0.05, 0.1) is 7.11 Å². The first-order chi connectivity index (χ1) is 12.2. The normalized spacial score (nSPS) is 11.9. The number of hydrogen-bond acceptors (Lipinski definition) is 5. The summed E-state index contributed by atoms with van der Waals surface area (Å²) in [5.41, 5.74) is 1.50. The third-order valence-corrected chi connectivity index (χ3v) is 3.82. The van der Waals surface area contributed by atoms with Gasteiger partial charge in [0.1, 0.15) is 5.82 Å². The molecule has 26 heavy (non-hydrogen) atoms. The maximum absolute atomic E-state index is 14.3. The van der Waals surface area contributed by atoms with E-state index in [1.807, 2.05) is 13.8 Å². The van der Waals surface area contributed by atoms with E-state index >= 15 is 0 Å². The highest BCUT2D eigenvalue weighted by Crippen LogP contribution is 2.38. The Balaban J connectivity index is 2.81. The Morgan fingerprint density at radius 2 is 1.92 bits per heavy atom. The van der Waals surface area contributed by atoms with Crippen LogP contribution < -0.4 is 4.74 Å². The van der Waals surface area contributed by atoms with Crippen LogP contribution in [0.2, 0.25) is 0 Å². The number of pyridine rings is 1. The molecule has 6 nitrogen and oxygen atoms in total. The molecule has 0 aliphatic carbocycles. The van der Waals surface area contributed by atoms with Gasteiger partial charge in [0.2, 0.25) is 12.0 Å². The summed E-state index contributed by atoms with van der Waals surface area (Å²) in [6.07, 6.45) is -0.0841. The van der Waals surface area contributed by atoms with Gasteiger partial charge in [0.25, 0.3) is 0 Å². The molecule has 1 aromatic heterocycles. The molecule has 2 rings (SSSR count). The fourth-order valence-electron chi connectivity index (χ4n) is 2.74. The molecule has 0 saturated carbocycles.